The van der Waals surface area contributed by atoms with Crippen molar-refractivity contribution in [3.63, 3.8) is 0 Å². The van der Waals surface area contributed by atoms with Crippen molar-refractivity contribution in [2.45, 2.75) is 13.8 Å². The standard InChI is InChI=1S/C10H9NO2/c1-7-4-3-5-8(2)10(7)13-9(12)6-11/h3-5H,1-2H3. The number of rotatable bonds is 1. The molecule has 0 aliphatic heterocycles. The summed E-state index contributed by atoms with van der Waals surface area (Å²) < 4.78 is 4.83. The van der Waals surface area contributed by atoms with E-state index in [2.05, 4.69) is 0 Å². The smallest absolute Gasteiger partial charge is 0.415 e. The van der Waals surface area contributed by atoms with Gasteiger partial charge in [-0.05, 0) is 25.0 Å². The number of esters is 1. The molecule has 1 rings (SSSR count). The van der Waals surface area contributed by atoms with Crippen LogP contribution < -0.4 is 4.74 Å². The van der Waals surface area contributed by atoms with Crippen LogP contribution in [0.2, 0.25) is 0 Å². The van der Waals surface area contributed by atoms with Crippen LogP contribution in [-0.4, -0.2) is 5.97 Å². The largest absolute Gasteiger partial charge is 0.416 e. The van der Waals surface area contributed by atoms with Gasteiger partial charge in [0.15, 0.2) is 6.07 Å². The molecule has 0 spiro atoms. The van der Waals surface area contributed by atoms with E-state index >= 15 is 0 Å². The van der Waals surface area contributed by atoms with Gasteiger partial charge in [0.05, 0.1) is 0 Å². The van der Waals surface area contributed by atoms with Gasteiger partial charge < -0.3 is 4.74 Å². The highest BCUT2D eigenvalue weighted by Crippen LogP contribution is 2.22. The Labute approximate surface area is 76.6 Å². The fourth-order valence-corrected chi connectivity index (χ4v) is 1.08. The quantitative estimate of drug-likeness (QED) is 0.371. The topological polar surface area (TPSA) is 50.1 Å². The minimum Gasteiger partial charge on any atom is -0.415 e. The van der Waals surface area contributed by atoms with E-state index in [1.807, 2.05) is 32.0 Å². The van der Waals surface area contributed by atoms with Crippen LogP contribution in [0.25, 0.3) is 0 Å². The number of nitrogens with zero attached hydrogens (tertiary/aromatic N) is 1. The Morgan fingerprint density at radius 1 is 1.38 bits per heavy atom. The van der Waals surface area contributed by atoms with E-state index in [-0.39, 0.29) is 0 Å². The molecule has 13 heavy (non-hydrogen) atoms. The van der Waals surface area contributed by atoms with Gasteiger partial charge in [-0.15, -0.1) is 0 Å². The van der Waals surface area contributed by atoms with Crippen LogP contribution in [0.15, 0.2) is 18.2 Å². The van der Waals surface area contributed by atoms with Crippen LogP contribution in [0, 0.1) is 25.2 Å². The Balaban J connectivity index is 3.01. The van der Waals surface area contributed by atoms with Gasteiger partial charge in [0, 0.05) is 0 Å². The highest BCUT2D eigenvalue weighted by atomic mass is 16.5. The van der Waals surface area contributed by atoms with Gasteiger partial charge in [-0.3, -0.25) is 0 Å². The molecule has 0 amide bonds. The Hall–Kier alpha value is -1.82. The van der Waals surface area contributed by atoms with Crippen molar-refractivity contribution in [3.8, 4) is 11.8 Å². The maximum absolute atomic E-state index is 10.7. The highest BCUT2D eigenvalue weighted by Gasteiger charge is 2.07. The Morgan fingerprint density at radius 3 is 2.38 bits per heavy atom. The van der Waals surface area contributed by atoms with Crippen LogP contribution in [-0.2, 0) is 4.79 Å². The maximum Gasteiger partial charge on any atom is 0.416 e. The monoisotopic (exact) mass is 175 g/mol. The van der Waals surface area contributed by atoms with Gasteiger partial charge in [0.2, 0.25) is 0 Å². The summed E-state index contributed by atoms with van der Waals surface area (Å²) in [7, 11) is 0. The van der Waals surface area contributed by atoms with Crippen LogP contribution >= 0.6 is 0 Å². The van der Waals surface area contributed by atoms with E-state index in [4.69, 9.17) is 10.00 Å². The summed E-state index contributed by atoms with van der Waals surface area (Å²) in [5.74, 6) is -0.397. The SMILES string of the molecule is Cc1cccc(C)c1OC(=O)C#N. The van der Waals surface area contributed by atoms with Crippen molar-refractivity contribution in [1.29, 1.82) is 5.26 Å². The Kier molecular flexibility index (Phi) is 2.65. The molecule has 0 unspecified atom stereocenters. The number of aryl methyl sites for hydroxylation is 2. The Bertz CT molecular complexity index is 357. The molecular formula is C10H9NO2. The zero-order valence-corrected chi connectivity index (χ0v) is 7.50. The number of carbonyl (C=O) groups is 1. The lowest BCUT2D eigenvalue weighted by Gasteiger charge is -2.06. The van der Waals surface area contributed by atoms with Gasteiger partial charge in [-0.1, -0.05) is 18.2 Å². The van der Waals surface area contributed by atoms with Crippen LogP contribution in [0.1, 0.15) is 11.1 Å². The molecule has 0 radical (unpaired) electrons. The molecule has 0 atom stereocenters. The van der Waals surface area contributed by atoms with Crippen LogP contribution in [0.4, 0.5) is 0 Å². The number of benzene rings is 1. The van der Waals surface area contributed by atoms with E-state index in [1.165, 1.54) is 6.07 Å². The summed E-state index contributed by atoms with van der Waals surface area (Å²) in [4.78, 5) is 10.7. The number of carbonyl (C=O) groups excluding carboxylic acids is 1. The first kappa shape index (κ1) is 9.27. The van der Waals surface area contributed by atoms with Gasteiger partial charge in [-0.2, -0.15) is 5.26 Å². The normalized spacial score (nSPS) is 9.00. The van der Waals surface area contributed by atoms with Crippen molar-refractivity contribution in [2.24, 2.45) is 0 Å². The van der Waals surface area contributed by atoms with Crippen LogP contribution in [0.5, 0.6) is 5.75 Å². The zero-order valence-electron chi connectivity index (χ0n) is 7.50. The second kappa shape index (κ2) is 3.72. The summed E-state index contributed by atoms with van der Waals surface area (Å²) >= 11 is 0. The second-order valence-corrected chi connectivity index (χ2v) is 2.72. The molecule has 0 heterocycles. The molecule has 0 fully saturated rings. The summed E-state index contributed by atoms with van der Waals surface area (Å²) in [6, 6.07) is 6.93. The molecule has 1 aromatic rings. The first-order valence-electron chi connectivity index (χ1n) is 3.83. The summed E-state index contributed by atoms with van der Waals surface area (Å²) in [5, 5.41) is 8.25. The Morgan fingerprint density at radius 2 is 1.92 bits per heavy atom. The minimum absolute atomic E-state index is 0.481. The van der Waals surface area contributed by atoms with Gasteiger partial charge in [0.1, 0.15) is 5.75 Å². The van der Waals surface area contributed by atoms with E-state index in [1.54, 1.807) is 0 Å². The van der Waals surface area contributed by atoms with Gasteiger partial charge in [-0.25, -0.2) is 4.79 Å². The van der Waals surface area contributed by atoms with Gasteiger partial charge in [0.25, 0.3) is 0 Å². The summed E-state index contributed by atoms with van der Waals surface area (Å²) in [6.07, 6.45) is 0. The van der Waals surface area contributed by atoms with E-state index in [0.29, 0.717) is 5.75 Å². The number of para-hydroxylation sites is 1. The van der Waals surface area contributed by atoms with Crippen molar-refractivity contribution in [2.75, 3.05) is 0 Å². The molecular weight excluding hydrogens is 166 g/mol. The fraction of sp³-hybridized carbons (Fsp3) is 0.200. The molecule has 0 aromatic heterocycles. The number of ether oxygens (including phenoxy) is 1. The molecule has 0 N–H and O–H groups in total. The molecule has 3 nitrogen and oxygen atoms in total. The molecule has 66 valence electrons. The third-order valence-electron chi connectivity index (χ3n) is 1.69. The number of hydrogen-bond donors (Lipinski definition) is 0. The average molecular weight is 175 g/mol. The predicted molar refractivity (Wildman–Crippen MR) is 47.2 cm³/mol. The van der Waals surface area contributed by atoms with Crippen LogP contribution in [0.3, 0.4) is 0 Å². The molecule has 0 saturated carbocycles. The fourth-order valence-electron chi connectivity index (χ4n) is 1.08. The van der Waals surface area contributed by atoms with Gasteiger partial charge >= 0.3 is 5.97 Å². The lowest BCUT2D eigenvalue weighted by atomic mass is 10.1. The van der Waals surface area contributed by atoms with Crippen molar-refractivity contribution >= 4 is 5.97 Å². The molecule has 0 aliphatic carbocycles. The van der Waals surface area contributed by atoms with E-state index < -0.39 is 5.97 Å². The molecule has 3 heteroatoms. The summed E-state index contributed by atoms with van der Waals surface area (Å²) in [5.41, 5.74) is 1.70. The maximum atomic E-state index is 10.7. The van der Waals surface area contributed by atoms with E-state index in [0.717, 1.165) is 11.1 Å². The van der Waals surface area contributed by atoms with Crippen molar-refractivity contribution in [1.82, 2.24) is 0 Å². The predicted octanol–water partition coefficient (Wildman–Crippen LogP) is 1.73. The van der Waals surface area contributed by atoms with Crippen molar-refractivity contribution < 1.29 is 9.53 Å². The third-order valence-corrected chi connectivity index (χ3v) is 1.69. The first-order chi connectivity index (χ1) is 6.15. The summed E-state index contributed by atoms with van der Waals surface area (Å²) in [6.45, 7) is 3.65. The first-order valence-corrected chi connectivity index (χ1v) is 3.83. The second-order valence-electron chi connectivity index (χ2n) is 2.72. The average Bonchev–Trinajstić information content (AvgIpc) is 2.11. The molecule has 0 saturated heterocycles. The number of hydrogen-bond acceptors (Lipinski definition) is 3. The van der Waals surface area contributed by atoms with E-state index in [9.17, 15) is 4.79 Å². The third kappa shape index (κ3) is 2.06. The molecule has 1 aromatic carbocycles. The zero-order chi connectivity index (χ0) is 9.84. The minimum atomic E-state index is -0.877. The number of nitriles is 1. The highest BCUT2D eigenvalue weighted by molar-refractivity contribution is 5.88. The lowest BCUT2D eigenvalue weighted by molar-refractivity contribution is -0.128. The molecule has 0 bridgehead atoms. The lowest BCUT2D eigenvalue weighted by Crippen LogP contribution is -2.06. The van der Waals surface area contributed by atoms with Crippen molar-refractivity contribution in [3.05, 3.63) is 29.3 Å². The molecule has 0 aliphatic rings.